The highest BCUT2D eigenvalue weighted by molar-refractivity contribution is 6.42. The van der Waals surface area contributed by atoms with E-state index >= 15 is 4.39 Å². The van der Waals surface area contributed by atoms with Crippen LogP contribution < -0.4 is 5.32 Å². The van der Waals surface area contributed by atoms with Crippen LogP contribution in [-0.4, -0.2) is 53.4 Å². The molecule has 1 atom stereocenters. The normalized spacial score (nSPS) is 21.7. The zero-order valence-electron chi connectivity index (χ0n) is 17.8. The molecule has 8 heteroatoms. The standard InChI is InChI=1S/C24H25Cl2FN4O/c1-28-21-5-2-4-18(30-21)15-24(8-3-11-29-24)16-23(27)9-12-31(13-10-23)22(32)17-6-7-19(25)20(26)14-17/h2-8,11,14H,9-10,12-13,15-16H2,1H3,(H,28,30). The number of nitrogens with one attached hydrogen (secondary N) is 1. The second-order valence-electron chi connectivity index (χ2n) is 8.43. The molecule has 0 aliphatic carbocycles. The third-order valence-electron chi connectivity index (χ3n) is 6.11. The Morgan fingerprint density at radius 1 is 1.19 bits per heavy atom. The minimum Gasteiger partial charge on any atom is -0.373 e. The first-order valence-corrected chi connectivity index (χ1v) is 11.4. The zero-order valence-corrected chi connectivity index (χ0v) is 19.3. The van der Waals surface area contributed by atoms with Crippen molar-refractivity contribution in [1.82, 2.24) is 9.88 Å². The van der Waals surface area contributed by atoms with Crippen LogP contribution in [0.2, 0.25) is 10.0 Å². The van der Waals surface area contributed by atoms with E-state index in [-0.39, 0.29) is 25.2 Å². The molecule has 3 heterocycles. The molecule has 1 aromatic carbocycles. The van der Waals surface area contributed by atoms with Gasteiger partial charge in [0.05, 0.1) is 15.6 Å². The van der Waals surface area contributed by atoms with E-state index in [1.165, 1.54) is 0 Å². The van der Waals surface area contributed by atoms with Crippen molar-refractivity contribution in [2.75, 3.05) is 25.5 Å². The van der Waals surface area contributed by atoms with Crippen LogP contribution in [0.3, 0.4) is 0 Å². The maximum Gasteiger partial charge on any atom is 0.253 e. The third-order valence-corrected chi connectivity index (χ3v) is 6.85. The quantitative estimate of drug-likeness (QED) is 0.610. The Labute approximate surface area is 197 Å². The average molecular weight is 475 g/mol. The Kier molecular flexibility index (Phi) is 6.54. The number of rotatable bonds is 6. The molecule has 0 saturated carbocycles. The van der Waals surface area contributed by atoms with Crippen LogP contribution in [0.5, 0.6) is 0 Å². The number of piperidine rings is 1. The summed E-state index contributed by atoms with van der Waals surface area (Å²) in [6.07, 6.45) is 6.86. The van der Waals surface area contributed by atoms with E-state index in [0.717, 1.165) is 11.5 Å². The Morgan fingerprint density at radius 3 is 2.62 bits per heavy atom. The monoisotopic (exact) mass is 474 g/mol. The van der Waals surface area contributed by atoms with E-state index in [2.05, 4.69) is 15.3 Å². The molecule has 2 aliphatic heterocycles. The van der Waals surface area contributed by atoms with Crippen LogP contribution in [0.15, 0.2) is 53.5 Å². The number of allylic oxidation sites excluding steroid dienone is 1. The number of aromatic nitrogens is 1. The second-order valence-corrected chi connectivity index (χ2v) is 9.24. The predicted molar refractivity (Wildman–Crippen MR) is 128 cm³/mol. The fourth-order valence-corrected chi connectivity index (χ4v) is 4.70. The van der Waals surface area contributed by atoms with Crippen molar-refractivity contribution < 1.29 is 9.18 Å². The van der Waals surface area contributed by atoms with Gasteiger partial charge in [0.1, 0.15) is 11.5 Å². The highest BCUT2D eigenvalue weighted by Gasteiger charge is 2.44. The number of alkyl halides is 1. The molecule has 0 radical (unpaired) electrons. The molecule has 1 amide bonds. The van der Waals surface area contributed by atoms with Gasteiger partial charge in [-0.15, -0.1) is 0 Å². The van der Waals surface area contributed by atoms with Gasteiger partial charge in [0, 0.05) is 50.5 Å². The second kappa shape index (κ2) is 9.20. The largest absolute Gasteiger partial charge is 0.373 e. The van der Waals surface area contributed by atoms with Crippen LogP contribution in [0.4, 0.5) is 10.2 Å². The Morgan fingerprint density at radius 2 is 1.97 bits per heavy atom. The number of carbonyl (C=O) groups is 1. The SMILES string of the molecule is CNc1cccc(CC2(CC3(F)CCN(C(=O)c4ccc(Cl)c(Cl)c4)CC3)C=CC=N2)n1. The molecule has 32 heavy (non-hydrogen) atoms. The van der Waals surface area contributed by atoms with Gasteiger partial charge in [-0.3, -0.25) is 9.79 Å². The summed E-state index contributed by atoms with van der Waals surface area (Å²) in [4.78, 5) is 23.7. The van der Waals surface area contributed by atoms with Crippen LogP contribution in [0, 0.1) is 0 Å². The lowest BCUT2D eigenvalue weighted by Gasteiger charge is -2.40. The minimum absolute atomic E-state index is 0.160. The number of pyridine rings is 1. The molecular formula is C24H25Cl2FN4O. The summed E-state index contributed by atoms with van der Waals surface area (Å²) in [6, 6.07) is 10.6. The number of aliphatic imine (C=N–C) groups is 1. The molecular weight excluding hydrogens is 450 g/mol. The van der Waals surface area contributed by atoms with Crippen LogP contribution in [0.25, 0.3) is 0 Å². The maximum atomic E-state index is 16.0. The highest BCUT2D eigenvalue weighted by atomic mass is 35.5. The number of nitrogens with zero attached hydrogens (tertiary/aromatic N) is 3. The number of hydrogen-bond donors (Lipinski definition) is 1. The average Bonchev–Trinajstić information content (AvgIpc) is 3.23. The Bertz CT molecular complexity index is 1050. The summed E-state index contributed by atoms with van der Waals surface area (Å²) in [6.45, 7) is 0.680. The van der Waals surface area contributed by atoms with E-state index in [1.54, 1.807) is 29.3 Å². The smallest absolute Gasteiger partial charge is 0.253 e. The summed E-state index contributed by atoms with van der Waals surface area (Å²) < 4.78 is 16.0. The summed E-state index contributed by atoms with van der Waals surface area (Å²) in [5, 5.41) is 3.76. The van der Waals surface area contributed by atoms with Gasteiger partial charge in [-0.05, 0) is 49.2 Å². The van der Waals surface area contributed by atoms with Crippen LogP contribution in [-0.2, 0) is 6.42 Å². The van der Waals surface area contributed by atoms with E-state index < -0.39 is 11.2 Å². The molecule has 1 aromatic heterocycles. The summed E-state index contributed by atoms with van der Waals surface area (Å²) in [7, 11) is 1.82. The highest BCUT2D eigenvalue weighted by Crippen LogP contribution is 2.40. The van der Waals surface area contributed by atoms with E-state index in [1.807, 2.05) is 37.4 Å². The summed E-state index contributed by atoms with van der Waals surface area (Å²) in [5.74, 6) is 0.611. The van der Waals surface area contributed by atoms with Crippen molar-refractivity contribution >= 4 is 41.1 Å². The first kappa shape index (κ1) is 22.7. The van der Waals surface area contributed by atoms with E-state index in [9.17, 15) is 4.79 Å². The van der Waals surface area contributed by atoms with Gasteiger partial charge < -0.3 is 10.2 Å². The molecule has 1 fully saturated rings. The maximum absolute atomic E-state index is 16.0. The van der Waals surface area contributed by atoms with Crippen molar-refractivity contribution in [3.8, 4) is 0 Å². The topological polar surface area (TPSA) is 57.6 Å². The van der Waals surface area contributed by atoms with Gasteiger partial charge in [-0.1, -0.05) is 35.3 Å². The fraction of sp³-hybridized carbons (Fsp3) is 0.375. The van der Waals surface area contributed by atoms with Crippen molar-refractivity contribution in [2.45, 2.75) is 36.9 Å². The van der Waals surface area contributed by atoms with Crippen molar-refractivity contribution in [2.24, 2.45) is 4.99 Å². The lowest BCUT2D eigenvalue weighted by Crippen LogP contribution is -2.48. The molecule has 5 nitrogen and oxygen atoms in total. The van der Waals surface area contributed by atoms with Crippen molar-refractivity contribution in [3.63, 3.8) is 0 Å². The molecule has 0 spiro atoms. The van der Waals surface area contributed by atoms with Crippen LogP contribution in [0.1, 0.15) is 35.3 Å². The molecule has 1 N–H and O–H groups in total. The van der Waals surface area contributed by atoms with E-state index in [0.29, 0.717) is 35.1 Å². The van der Waals surface area contributed by atoms with Gasteiger partial charge in [-0.25, -0.2) is 9.37 Å². The van der Waals surface area contributed by atoms with Gasteiger partial charge in [0.15, 0.2) is 0 Å². The number of likely N-dealkylation sites (tertiary alicyclic amines) is 1. The summed E-state index contributed by atoms with van der Waals surface area (Å²) in [5.41, 5.74) is -0.761. The lowest BCUT2D eigenvalue weighted by atomic mass is 9.78. The fourth-order valence-electron chi connectivity index (χ4n) is 4.41. The number of hydrogen-bond acceptors (Lipinski definition) is 4. The number of amides is 1. The lowest BCUT2D eigenvalue weighted by molar-refractivity contribution is 0.0322. The number of benzene rings is 1. The summed E-state index contributed by atoms with van der Waals surface area (Å²) >= 11 is 12.0. The number of anilines is 1. The Balaban J connectivity index is 1.43. The van der Waals surface area contributed by atoms with E-state index in [4.69, 9.17) is 23.2 Å². The third kappa shape index (κ3) is 4.97. The van der Waals surface area contributed by atoms with Crippen molar-refractivity contribution in [1.29, 1.82) is 0 Å². The first-order chi connectivity index (χ1) is 15.3. The van der Waals surface area contributed by atoms with Gasteiger partial charge in [0.2, 0.25) is 0 Å². The first-order valence-electron chi connectivity index (χ1n) is 10.6. The van der Waals surface area contributed by atoms with Crippen LogP contribution >= 0.6 is 23.2 Å². The minimum atomic E-state index is -1.42. The number of halogens is 3. The molecule has 1 saturated heterocycles. The molecule has 2 aliphatic rings. The molecule has 1 unspecified atom stereocenters. The zero-order chi connectivity index (χ0) is 22.8. The molecule has 4 rings (SSSR count). The molecule has 168 valence electrons. The molecule has 0 bridgehead atoms. The predicted octanol–water partition coefficient (Wildman–Crippen LogP) is 5.39. The molecule has 2 aromatic rings. The van der Waals surface area contributed by atoms with Gasteiger partial charge in [0.25, 0.3) is 5.91 Å². The Hall–Kier alpha value is -2.44. The number of carbonyl (C=O) groups excluding carboxylic acids is 1. The van der Waals surface area contributed by atoms with Gasteiger partial charge >= 0.3 is 0 Å². The van der Waals surface area contributed by atoms with Crippen molar-refractivity contribution in [3.05, 3.63) is 69.9 Å². The van der Waals surface area contributed by atoms with Gasteiger partial charge in [-0.2, -0.15) is 0 Å².